The third-order valence-corrected chi connectivity index (χ3v) is 3.99. The highest BCUT2D eigenvalue weighted by molar-refractivity contribution is 6.05. The largest absolute Gasteiger partial charge is 0.327 e. The zero-order chi connectivity index (χ0) is 12.4. The zero-order valence-electron chi connectivity index (χ0n) is 10.3. The van der Waals surface area contributed by atoms with Gasteiger partial charge in [-0.2, -0.15) is 0 Å². The highest BCUT2D eigenvalue weighted by Gasteiger charge is 2.51. The van der Waals surface area contributed by atoms with Crippen LogP contribution in [0.3, 0.4) is 0 Å². The van der Waals surface area contributed by atoms with Crippen molar-refractivity contribution < 1.29 is 9.59 Å². The van der Waals surface area contributed by atoms with Crippen molar-refractivity contribution in [2.24, 2.45) is 23.5 Å². The van der Waals surface area contributed by atoms with Crippen LogP contribution in [0.4, 0.5) is 0 Å². The first kappa shape index (κ1) is 12.3. The number of hydrogen-bond acceptors (Lipinski definition) is 3. The van der Waals surface area contributed by atoms with Gasteiger partial charge in [0.2, 0.25) is 11.8 Å². The van der Waals surface area contributed by atoms with Crippen LogP contribution in [0.15, 0.2) is 12.2 Å². The number of carbonyl (C=O) groups excluding carboxylic acids is 2. The predicted molar refractivity (Wildman–Crippen MR) is 64.9 cm³/mol. The fraction of sp³-hybridized carbons (Fsp3) is 0.692. The number of likely N-dealkylation sites (tertiary alicyclic amines) is 1. The molecule has 0 spiro atoms. The van der Waals surface area contributed by atoms with E-state index < -0.39 is 0 Å². The Morgan fingerprint density at radius 3 is 2.29 bits per heavy atom. The molecule has 4 heteroatoms. The van der Waals surface area contributed by atoms with Crippen LogP contribution < -0.4 is 5.73 Å². The first-order valence-corrected chi connectivity index (χ1v) is 6.39. The highest BCUT2D eigenvalue weighted by Crippen LogP contribution is 2.44. The third kappa shape index (κ3) is 2.14. The maximum atomic E-state index is 12.1. The van der Waals surface area contributed by atoms with Crippen LogP contribution in [0, 0.1) is 17.8 Å². The molecule has 2 atom stereocenters. The highest BCUT2D eigenvalue weighted by atomic mass is 16.2. The van der Waals surface area contributed by atoms with E-state index in [0.717, 1.165) is 19.3 Å². The summed E-state index contributed by atoms with van der Waals surface area (Å²) in [5, 5.41) is 0. The molecule has 2 rings (SSSR count). The molecular weight excluding hydrogens is 216 g/mol. The number of nitrogens with zero attached hydrogens (tertiary/aromatic N) is 1. The summed E-state index contributed by atoms with van der Waals surface area (Å²) in [6, 6.07) is 0. The Morgan fingerprint density at radius 2 is 1.82 bits per heavy atom. The van der Waals surface area contributed by atoms with Crippen LogP contribution >= 0.6 is 0 Å². The van der Waals surface area contributed by atoms with E-state index >= 15 is 0 Å². The number of carbonyl (C=O) groups is 2. The van der Waals surface area contributed by atoms with Crippen LogP contribution in [-0.4, -0.2) is 29.8 Å². The quantitative estimate of drug-likeness (QED) is 0.583. The minimum atomic E-state index is -0.0428. The van der Waals surface area contributed by atoms with E-state index in [1.807, 2.05) is 0 Å². The molecule has 94 valence electrons. The van der Waals surface area contributed by atoms with E-state index in [1.54, 1.807) is 12.2 Å². The Balaban J connectivity index is 2.03. The minimum absolute atomic E-state index is 0.0256. The predicted octanol–water partition coefficient (Wildman–Crippen LogP) is 0.922. The zero-order valence-corrected chi connectivity index (χ0v) is 10.3. The molecule has 1 aliphatic heterocycles. The Kier molecular flexibility index (Phi) is 3.62. The molecular formula is C13H20N2O2. The molecule has 2 unspecified atom stereocenters. The third-order valence-electron chi connectivity index (χ3n) is 3.99. The monoisotopic (exact) mass is 236 g/mol. The molecule has 2 N–H and O–H groups in total. The van der Waals surface area contributed by atoms with Gasteiger partial charge in [-0.3, -0.25) is 14.5 Å². The van der Waals surface area contributed by atoms with E-state index in [0.29, 0.717) is 19.0 Å². The van der Waals surface area contributed by atoms with Crippen molar-refractivity contribution in [2.45, 2.75) is 26.2 Å². The van der Waals surface area contributed by atoms with Gasteiger partial charge in [-0.25, -0.2) is 0 Å². The van der Waals surface area contributed by atoms with Crippen LogP contribution in [0.25, 0.3) is 0 Å². The van der Waals surface area contributed by atoms with Gasteiger partial charge in [0.05, 0.1) is 11.8 Å². The van der Waals surface area contributed by atoms with Gasteiger partial charge in [0.1, 0.15) is 0 Å². The maximum Gasteiger partial charge on any atom is 0.233 e. The molecule has 2 amide bonds. The second-order valence-electron chi connectivity index (χ2n) is 4.95. The average molecular weight is 236 g/mol. The molecule has 0 aromatic rings. The van der Waals surface area contributed by atoms with Gasteiger partial charge in [-0.15, -0.1) is 0 Å². The van der Waals surface area contributed by atoms with E-state index in [2.05, 4.69) is 6.92 Å². The van der Waals surface area contributed by atoms with Crippen LogP contribution in [-0.2, 0) is 9.59 Å². The number of rotatable bonds is 4. The van der Waals surface area contributed by atoms with Crippen molar-refractivity contribution in [3.05, 3.63) is 12.2 Å². The number of fused-ring (bicyclic) bond motifs is 1. The number of hydrogen-bond donors (Lipinski definition) is 1. The normalized spacial score (nSPS) is 32.8. The summed E-state index contributed by atoms with van der Waals surface area (Å²) >= 11 is 0. The Morgan fingerprint density at radius 1 is 1.24 bits per heavy atom. The van der Waals surface area contributed by atoms with Crippen LogP contribution in [0.5, 0.6) is 0 Å². The van der Waals surface area contributed by atoms with Crippen molar-refractivity contribution in [1.29, 1.82) is 0 Å². The number of nitrogens with two attached hydrogens (primary N) is 1. The SMILES string of the molecule is CCC1CC2C(=O)N(C/C=C/CN)C(=O)C2C1. The van der Waals surface area contributed by atoms with Crippen molar-refractivity contribution in [3.63, 3.8) is 0 Å². The lowest BCUT2D eigenvalue weighted by Crippen LogP contribution is -2.32. The average Bonchev–Trinajstić information content (AvgIpc) is 2.84. The molecule has 0 aromatic carbocycles. The maximum absolute atomic E-state index is 12.1. The standard InChI is InChI=1S/C13H20N2O2/c1-2-9-7-10-11(8-9)13(17)15(12(10)16)6-4-3-5-14/h3-4,9-11H,2,5-8,14H2,1H3/b4-3+. The summed E-state index contributed by atoms with van der Waals surface area (Å²) in [6.45, 7) is 2.96. The molecule has 2 aliphatic rings. The summed E-state index contributed by atoms with van der Waals surface area (Å²) in [5.74, 6) is 0.521. The fourth-order valence-electron chi connectivity index (χ4n) is 2.99. The van der Waals surface area contributed by atoms with Crippen molar-refractivity contribution in [2.75, 3.05) is 13.1 Å². The summed E-state index contributed by atoms with van der Waals surface area (Å²) in [4.78, 5) is 25.6. The lowest BCUT2D eigenvalue weighted by molar-refractivity contribution is -0.139. The molecule has 1 heterocycles. The van der Waals surface area contributed by atoms with Crippen LogP contribution in [0.1, 0.15) is 26.2 Å². The summed E-state index contributed by atoms with van der Waals surface area (Å²) in [7, 11) is 0. The summed E-state index contributed by atoms with van der Waals surface area (Å²) in [5.41, 5.74) is 5.34. The number of amides is 2. The van der Waals surface area contributed by atoms with Crippen LogP contribution in [0.2, 0.25) is 0 Å². The van der Waals surface area contributed by atoms with Crippen molar-refractivity contribution in [3.8, 4) is 0 Å². The van der Waals surface area contributed by atoms with Crippen molar-refractivity contribution in [1.82, 2.24) is 4.90 Å². The summed E-state index contributed by atoms with van der Waals surface area (Å²) < 4.78 is 0. The van der Waals surface area contributed by atoms with Gasteiger partial charge in [-0.05, 0) is 18.8 Å². The summed E-state index contributed by atoms with van der Waals surface area (Å²) in [6.07, 6.45) is 6.43. The second-order valence-corrected chi connectivity index (χ2v) is 4.95. The molecule has 1 saturated carbocycles. The van der Waals surface area contributed by atoms with E-state index in [4.69, 9.17) is 5.73 Å². The van der Waals surface area contributed by atoms with Gasteiger partial charge >= 0.3 is 0 Å². The smallest absolute Gasteiger partial charge is 0.233 e. The van der Waals surface area contributed by atoms with E-state index in [-0.39, 0.29) is 23.7 Å². The molecule has 0 radical (unpaired) electrons. The van der Waals surface area contributed by atoms with Gasteiger partial charge in [-0.1, -0.05) is 25.5 Å². The molecule has 17 heavy (non-hydrogen) atoms. The molecule has 4 nitrogen and oxygen atoms in total. The second kappa shape index (κ2) is 5.00. The lowest BCUT2D eigenvalue weighted by Gasteiger charge is -2.15. The minimum Gasteiger partial charge on any atom is -0.327 e. The Bertz CT molecular complexity index is 327. The first-order valence-electron chi connectivity index (χ1n) is 6.39. The first-order chi connectivity index (χ1) is 8.19. The molecule has 1 aliphatic carbocycles. The lowest BCUT2D eigenvalue weighted by atomic mass is 10.00. The Hall–Kier alpha value is -1.16. The number of imide groups is 1. The van der Waals surface area contributed by atoms with Gasteiger partial charge in [0, 0.05) is 13.1 Å². The van der Waals surface area contributed by atoms with Gasteiger partial charge in [0.25, 0.3) is 0 Å². The van der Waals surface area contributed by atoms with Gasteiger partial charge in [0.15, 0.2) is 0 Å². The molecule has 0 aromatic heterocycles. The van der Waals surface area contributed by atoms with Gasteiger partial charge < -0.3 is 5.73 Å². The Labute approximate surface area is 102 Å². The molecule has 2 fully saturated rings. The van der Waals surface area contributed by atoms with E-state index in [1.165, 1.54) is 4.90 Å². The topological polar surface area (TPSA) is 63.4 Å². The van der Waals surface area contributed by atoms with E-state index in [9.17, 15) is 9.59 Å². The molecule has 0 bridgehead atoms. The molecule has 1 saturated heterocycles. The van der Waals surface area contributed by atoms with Crippen molar-refractivity contribution >= 4 is 11.8 Å². The fourth-order valence-corrected chi connectivity index (χ4v) is 2.99.